The van der Waals surface area contributed by atoms with Gasteiger partial charge in [-0.05, 0) is 6.07 Å². The second-order valence-electron chi connectivity index (χ2n) is 5.83. The number of benzene rings is 2. The fraction of sp³-hybridized carbons (Fsp3) is 0.150. The molecule has 1 aromatic heterocycles. The standard InChI is InChI=1S/C20H18ClN3O4S/c1-27-16-10-17(28-2)15(8-13(16)21)22-19(26)11-29-20-23-14(9-18(25)24-20)12-6-4-3-5-7-12/h3-10H,11H2,1-2H3,(H,22,26)(H,23,24,25). The van der Waals surface area contributed by atoms with E-state index >= 15 is 0 Å². The SMILES string of the molecule is COc1cc(OC)c(NC(=O)CSc2nc(-c3ccccc3)cc(=O)[nH]2)cc1Cl. The van der Waals surface area contributed by atoms with Gasteiger partial charge in [0.15, 0.2) is 5.16 Å². The maximum absolute atomic E-state index is 12.4. The molecule has 3 aromatic rings. The molecule has 0 spiro atoms. The molecule has 2 aromatic carbocycles. The minimum absolute atomic E-state index is 0.0357. The molecule has 150 valence electrons. The number of hydrogen-bond acceptors (Lipinski definition) is 6. The van der Waals surface area contributed by atoms with Gasteiger partial charge < -0.3 is 19.8 Å². The lowest BCUT2D eigenvalue weighted by Gasteiger charge is -2.13. The highest BCUT2D eigenvalue weighted by Crippen LogP contribution is 2.36. The van der Waals surface area contributed by atoms with Crippen molar-refractivity contribution in [1.82, 2.24) is 9.97 Å². The third kappa shape index (κ3) is 5.30. The van der Waals surface area contributed by atoms with Crippen LogP contribution in [0.25, 0.3) is 11.3 Å². The topological polar surface area (TPSA) is 93.3 Å². The molecule has 0 aliphatic heterocycles. The summed E-state index contributed by atoms with van der Waals surface area (Å²) in [6.07, 6.45) is 0. The van der Waals surface area contributed by atoms with Gasteiger partial charge in [-0.1, -0.05) is 53.7 Å². The number of halogens is 1. The zero-order chi connectivity index (χ0) is 20.8. The molecule has 1 amide bonds. The quantitative estimate of drug-likeness (QED) is 0.436. The fourth-order valence-corrected chi connectivity index (χ4v) is 3.45. The molecule has 0 radical (unpaired) electrons. The number of hydrogen-bond donors (Lipinski definition) is 2. The van der Waals surface area contributed by atoms with Crippen molar-refractivity contribution in [2.24, 2.45) is 0 Å². The van der Waals surface area contributed by atoms with Crippen molar-refractivity contribution in [2.75, 3.05) is 25.3 Å². The summed E-state index contributed by atoms with van der Waals surface area (Å²) in [7, 11) is 2.98. The number of carbonyl (C=O) groups is 1. The molecule has 0 bridgehead atoms. The molecule has 0 saturated heterocycles. The Bertz CT molecular complexity index is 1070. The number of nitrogens with zero attached hydrogens (tertiary/aromatic N) is 1. The third-order valence-corrected chi connectivity index (χ3v) is 5.05. The van der Waals surface area contributed by atoms with Crippen molar-refractivity contribution in [3.8, 4) is 22.8 Å². The minimum Gasteiger partial charge on any atom is -0.495 e. The van der Waals surface area contributed by atoms with E-state index < -0.39 is 0 Å². The summed E-state index contributed by atoms with van der Waals surface area (Å²) in [4.78, 5) is 31.4. The number of thioether (sulfide) groups is 1. The molecule has 0 saturated carbocycles. The van der Waals surface area contributed by atoms with E-state index in [2.05, 4.69) is 15.3 Å². The van der Waals surface area contributed by atoms with Crippen LogP contribution in [0.1, 0.15) is 0 Å². The van der Waals surface area contributed by atoms with Crippen LogP contribution in [0.4, 0.5) is 5.69 Å². The van der Waals surface area contributed by atoms with Gasteiger partial charge in [-0.2, -0.15) is 0 Å². The molecular weight excluding hydrogens is 414 g/mol. The van der Waals surface area contributed by atoms with Gasteiger partial charge in [-0.3, -0.25) is 9.59 Å². The number of rotatable bonds is 7. The van der Waals surface area contributed by atoms with E-state index in [0.717, 1.165) is 17.3 Å². The predicted molar refractivity (Wildman–Crippen MR) is 114 cm³/mol. The Morgan fingerprint density at radius 1 is 1.14 bits per heavy atom. The Morgan fingerprint density at radius 2 is 1.86 bits per heavy atom. The van der Waals surface area contributed by atoms with Crippen molar-refractivity contribution in [3.63, 3.8) is 0 Å². The number of ether oxygens (including phenoxy) is 2. The lowest BCUT2D eigenvalue weighted by Crippen LogP contribution is -2.16. The molecular formula is C20H18ClN3O4S. The normalized spacial score (nSPS) is 10.4. The number of carbonyl (C=O) groups excluding carboxylic acids is 1. The molecule has 7 nitrogen and oxygen atoms in total. The average Bonchev–Trinajstić information content (AvgIpc) is 2.73. The van der Waals surface area contributed by atoms with Crippen molar-refractivity contribution in [1.29, 1.82) is 0 Å². The second-order valence-corrected chi connectivity index (χ2v) is 7.20. The van der Waals surface area contributed by atoms with Gasteiger partial charge >= 0.3 is 0 Å². The van der Waals surface area contributed by atoms with Gasteiger partial charge in [0.25, 0.3) is 5.56 Å². The summed E-state index contributed by atoms with van der Waals surface area (Å²) in [6.45, 7) is 0. The van der Waals surface area contributed by atoms with Crippen LogP contribution in [-0.4, -0.2) is 35.8 Å². The summed E-state index contributed by atoms with van der Waals surface area (Å²) >= 11 is 7.24. The molecule has 9 heteroatoms. The van der Waals surface area contributed by atoms with E-state index in [9.17, 15) is 9.59 Å². The van der Waals surface area contributed by atoms with E-state index in [-0.39, 0.29) is 17.2 Å². The first-order valence-corrected chi connectivity index (χ1v) is 9.87. The number of nitrogens with one attached hydrogen (secondary N) is 2. The first kappa shape index (κ1) is 20.8. The van der Waals surface area contributed by atoms with Crippen LogP contribution < -0.4 is 20.3 Å². The summed E-state index contributed by atoms with van der Waals surface area (Å²) < 4.78 is 10.4. The molecule has 0 aliphatic rings. The first-order chi connectivity index (χ1) is 14.0. The highest BCUT2D eigenvalue weighted by atomic mass is 35.5. The minimum atomic E-state index is -0.303. The zero-order valence-electron chi connectivity index (χ0n) is 15.7. The van der Waals surface area contributed by atoms with E-state index in [0.29, 0.717) is 33.1 Å². The number of anilines is 1. The molecule has 3 rings (SSSR count). The lowest BCUT2D eigenvalue weighted by atomic mass is 10.1. The van der Waals surface area contributed by atoms with Gasteiger partial charge in [-0.15, -0.1) is 0 Å². The number of aromatic amines is 1. The summed E-state index contributed by atoms with van der Waals surface area (Å²) in [5, 5.41) is 3.44. The van der Waals surface area contributed by atoms with Gasteiger partial charge in [-0.25, -0.2) is 4.98 Å². The second kappa shape index (κ2) is 9.49. The van der Waals surface area contributed by atoms with Crippen molar-refractivity contribution >= 4 is 35.0 Å². The Labute approximate surface area is 176 Å². The molecule has 29 heavy (non-hydrogen) atoms. The van der Waals surface area contributed by atoms with Gasteiger partial charge in [0.1, 0.15) is 11.5 Å². The fourth-order valence-electron chi connectivity index (χ4n) is 2.54. The van der Waals surface area contributed by atoms with Crippen LogP contribution in [-0.2, 0) is 4.79 Å². The van der Waals surface area contributed by atoms with Crippen LogP contribution in [0.3, 0.4) is 0 Å². The van der Waals surface area contributed by atoms with Crippen LogP contribution >= 0.6 is 23.4 Å². The van der Waals surface area contributed by atoms with Crippen molar-refractivity contribution < 1.29 is 14.3 Å². The lowest BCUT2D eigenvalue weighted by molar-refractivity contribution is -0.113. The molecule has 2 N–H and O–H groups in total. The van der Waals surface area contributed by atoms with E-state index in [4.69, 9.17) is 21.1 Å². The van der Waals surface area contributed by atoms with Crippen molar-refractivity contribution in [3.05, 3.63) is 63.9 Å². The van der Waals surface area contributed by atoms with E-state index in [1.807, 2.05) is 30.3 Å². The number of H-pyrrole nitrogens is 1. The molecule has 0 aliphatic carbocycles. The molecule has 0 unspecified atom stereocenters. The Balaban J connectivity index is 1.71. The van der Waals surface area contributed by atoms with Crippen molar-refractivity contribution in [2.45, 2.75) is 5.16 Å². The van der Waals surface area contributed by atoms with Crippen LogP contribution in [0.15, 0.2) is 58.5 Å². The van der Waals surface area contributed by atoms with Gasteiger partial charge in [0, 0.05) is 17.7 Å². The smallest absolute Gasteiger partial charge is 0.252 e. The average molecular weight is 432 g/mol. The van der Waals surface area contributed by atoms with Crippen LogP contribution in [0.2, 0.25) is 5.02 Å². The maximum Gasteiger partial charge on any atom is 0.252 e. The van der Waals surface area contributed by atoms with E-state index in [1.165, 1.54) is 20.3 Å². The third-order valence-electron chi connectivity index (χ3n) is 3.88. The van der Waals surface area contributed by atoms with E-state index in [1.54, 1.807) is 12.1 Å². The predicted octanol–water partition coefficient (Wildman–Crippen LogP) is 3.84. The first-order valence-electron chi connectivity index (χ1n) is 8.51. The summed E-state index contributed by atoms with van der Waals surface area (Å²) in [5.74, 6) is 0.591. The van der Waals surface area contributed by atoms with Crippen LogP contribution in [0, 0.1) is 0 Å². The summed E-state index contributed by atoms with van der Waals surface area (Å²) in [5.41, 5.74) is 1.50. The largest absolute Gasteiger partial charge is 0.495 e. The van der Waals surface area contributed by atoms with Crippen LogP contribution in [0.5, 0.6) is 11.5 Å². The maximum atomic E-state index is 12.4. The van der Waals surface area contributed by atoms with Gasteiger partial charge in [0.2, 0.25) is 5.91 Å². The van der Waals surface area contributed by atoms with Gasteiger partial charge in [0.05, 0.1) is 36.4 Å². The molecule has 0 fully saturated rings. The number of aromatic nitrogens is 2. The Kier molecular flexibility index (Phi) is 6.79. The highest BCUT2D eigenvalue weighted by molar-refractivity contribution is 7.99. The number of amides is 1. The highest BCUT2D eigenvalue weighted by Gasteiger charge is 2.13. The summed E-state index contributed by atoms with van der Waals surface area (Å²) in [6, 6.07) is 13.9. The Hall–Kier alpha value is -2.97. The zero-order valence-corrected chi connectivity index (χ0v) is 17.3. The monoisotopic (exact) mass is 431 g/mol. The Morgan fingerprint density at radius 3 is 2.55 bits per heavy atom. The molecule has 0 atom stereocenters. The molecule has 1 heterocycles. The number of methoxy groups -OCH3 is 2.